The van der Waals surface area contributed by atoms with Crippen LogP contribution < -0.4 is 4.74 Å². The summed E-state index contributed by atoms with van der Waals surface area (Å²) in [5, 5.41) is 0. The van der Waals surface area contributed by atoms with Gasteiger partial charge in [0.25, 0.3) is 0 Å². The van der Waals surface area contributed by atoms with Crippen molar-refractivity contribution < 1.29 is 13.5 Å². The fourth-order valence-corrected chi connectivity index (χ4v) is 5.34. The van der Waals surface area contributed by atoms with Crippen LogP contribution in [-0.2, 0) is 0 Å². The van der Waals surface area contributed by atoms with E-state index < -0.39 is 32.6 Å². The van der Waals surface area contributed by atoms with Crippen molar-refractivity contribution in [2.24, 2.45) is 0 Å². The molecule has 1 nitrogen and oxygen atoms in total. The molecule has 0 saturated heterocycles. The van der Waals surface area contributed by atoms with Gasteiger partial charge in [0.15, 0.2) is 0 Å². The van der Waals surface area contributed by atoms with E-state index in [1.54, 1.807) is 13.0 Å². The Morgan fingerprint density at radius 1 is 1.21 bits per heavy atom. The van der Waals surface area contributed by atoms with Crippen molar-refractivity contribution in [3.63, 3.8) is 0 Å². The van der Waals surface area contributed by atoms with Gasteiger partial charge in [-0.3, -0.25) is 0 Å². The molecule has 4 heteroatoms. The van der Waals surface area contributed by atoms with Crippen molar-refractivity contribution in [3.8, 4) is 5.75 Å². The van der Waals surface area contributed by atoms with Crippen LogP contribution in [0.25, 0.3) is 3.62 Å². The Kier molecular flexibility index (Phi) is 4.79. The zero-order chi connectivity index (χ0) is 13.8. The molecule has 0 N–H and O–H groups in total. The zero-order valence-corrected chi connectivity index (χ0v) is 13.7. The van der Waals surface area contributed by atoms with Crippen LogP contribution in [0.2, 0.25) is 0 Å². The molecule has 0 bridgehead atoms. The van der Waals surface area contributed by atoms with Crippen molar-refractivity contribution in [2.75, 3.05) is 6.61 Å². The van der Waals surface area contributed by atoms with Crippen LogP contribution in [0.4, 0.5) is 8.78 Å². The van der Waals surface area contributed by atoms with Gasteiger partial charge in [-0.05, 0) is 0 Å². The van der Waals surface area contributed by atoms with Crippen LogP contribution in [0.1, 0.15) is 19.4 Å². The molecule has 102 valence electrons. The summed E-state index contributed by atoms with van der Waals surface area (Å²) in [6.45, 7) is 4.02. The molecule has 0 fully saturated rings. The third-order valence-electron chi connectivity index (χ3n) is 2.69. The summed E-state index contributed by atoms with van der Waals surface area (Å²) in [5.41, 5.74) is 0.378. The van der Waals surface area contributed by atoms with E-state index in [1.807, 2.05) is 31.2 Å². The van der Waals surface area contributed by atoms with Gasteiger partial charge in [0.1, 0.15) is 0 Å². The predicted octanol–water partition coefficient (Wildman–Crippen LogP) is 3.35. The molecule has 0 unspecified atom stereocenters. The van der Waals surface area contributed by atoms with Crippen LogP contribution in [0, 0.1) is 11.6 Å². The zero-order valence-electron chi connectivity index (χ0n) is 10.8. The molecule has 1 aliphatic rings. The first kappa shape index (κ1) is 14.3. The summed E-state index contributed by atoms with van der Waals surface area (Å²) in [7, 11) is 0. The van der Waals surface area contributed by atoms with Crippen molar-refractivity contribution >= 4 is 24.5 Å². The van der Waals surface area contributed by atoms with E-state index in [2.05, 4.69) is 0 Å². The summed E-state index contributed by atoms with van der Waals surface area (Å²) >= 11 is -1.01. The van der Waals surface area contributed by atoms with Crippen molar-refractivity contribution in [2.45, 2.75) is 13.8 Å². The van der Waals surface area contributed by atoms with E-state index in [4.69, 9.17) is 4.74 Å². The van der Waals surface area contributed by atoms with Crippen molar-refractivity contribution in [1.82, 2.24) is 0 Å². The van der Waals surface area contributed by atoms with Gasteiger partial charge in [0, 0.05) is 0 Å². The monoisotopic (exact) mass is 380 g/mol. The molecule has 0 spiro atoms. The number of allylic oxidation sites excluding steroid dienone is 5. The molecule has 0 amide bonds. The summed E-state index contributed by atoms with van der Waals surface area (Å²) in [6, 6.07) is 3.12. The Balaban J connectivity index is 2.27. The van der Waals surface area contributed by atoms with Gasteiger partial charge in [0.2, 0.25) is 0 Å². The Labute approximate surface area is 121 Å². The molecule has 1 aromatic carbocycles. The normalized spacial score (nSPS) is 16.8. The Bertz CT molecular complexity index is 574. The van der Waals surface area contributed by atoms with Gasteiger partial charge in [-0.1, -0.05) is 0 Å². The molecule has 0 radical (unpaired) electrons. The van der Waals surface area contributed by atoms with E-state index in [-0.39, 0.29) is 5.75 Å². The van der Waals surface area contributed by atoms with Crippen LogP contribution in [0.5, 0.6) is 5.75 Å². The molecular formula is C15H16F2OTe. The maximum atomic E-state index is 14.0. The van der Waals surface area contributed by atoms with Gasteiger partial charge in [-0.2, -0.15) is 0 Å². The molecule has 0 aromatic heterocycles. The van der Waals surface area contributed by atoms with Crippen LogP contribution >= 0.6 is 0 Å². The second-order valence-corrected chi connectivity index (χ2v) is 7.90. The molecule has 0 aliphatic carbocycles. The minimum atomic E-state index is -1.01. The summed E-state index contributed by atoms with van der Waals surface area (Å²) in [4.78, 5) is 0. The Morgan fingerprint density at radius 2 is 2.00 bits per heavy atom. The third kappa shape index (κ3) is 3.08. The first-order valence-electron chi connectivity index (χ1n) is 6.10. The van der Waals surface area contributed by atoms with E-state index >= 15 is 0 Å². The van der Waals surface area contributed by atoms with Gasteiger partial charge in [-0.25, -0.2) is 0 Å². The van der Waals surface area contributed by atoms with Crippen molar-refractivity contribution in [3.05, 3.63) is 57.3 Å². The molecule has 0 atom stereocenters. The molecule has 1 aliphatic heterocycles. The summed E-state index contributed by atoms with van der Waals surface area (Å²) in [5.74, 6) is -1.71. The standard InChI is InChI=1S/C15H16F2OTe/c1-3-5-10-6-9-13(19-10)11-7-8-12(18-4-2)15(17)14(11)16/h3,5-9H,4,19H2,1-2H3. The molecule has 0 saturated carbocycles. The fourth-order valence-electron chi connectivity index (χ4n) is 1.85. The maximum absolute atomic E-state index is 14.0. The van der Waals surface area contributed by atoms with Gasteiger partial charge in [0.05, 0.1) is 0 Å². The first-order valence-corrected chi connectivity index (χ1v) is 8.95. The number of ether oxygens (including phenoxy) is 1. The molecule has 2 rings (SSSR count). The number of halogens is 2. The Morgan fingerprint density at radius 3 is 2.68 bits per heavy atom. The quantitative estimate of drug-likeness (QED) is 0.731. The van der Waals surface area contributed by atoms with Crippen LogP contribution in [0.3, 0.4) is 0 Å². The van der Waals surface area contributed by atoms with Crippen LogP contribution in [-0.4, -0.2) is 27.5 Å². The molecular weight excluding hydrogens is 362 g/mol. The van der Waals surface area contributed by atoms with Gasteiger partial charge < -0.3 is 0 Å². The van der Waals surface area contributed by atoms with Gasteiger partial charge in [-0.15, -0.1) is 0 Å². The second kappa shape index (κ2) is 6.36. The van der Waals surface area contributed by atoms with E-state index in [0.717, 1.165) is 3.62 Å². The Hall–Kier alpha value is -1.11. The number of hydrogen-bond acceptors (Lipinski definition) is 1. The molecule has 1 heterocycles. The third-order valence-corrected chi connectivity index (χ3v) is 6.48. The van der Waals surface area contributed by atoms with E-state index in [0.29, 0.717) is 12.2 Å². The van der Waals surface area contributed by atoms with E-state index in [1.165, 1.54) is 9.69 Å². The number of benzene rings is 1. The SMILES string of the molecule is CC=CC1=CC=C(c2ccc(OCC)c(F)c2F)[TeH2]1. The van der Waals surface area contributed by atoms with Crippen molar-refractivity contribution in [1.29, 1.82) is 0 Å². The summed E-state index contributed by atoms with van der Waals surface area (Å²) < 4.78 is 35.1. The number of hydrogen-bond donors (Lipinski definition) is 0. The topological polar surface area (TPSA) is 9.23 Å². The first-order chi connectivity index (χ1) is 9.17. The summed E-state index contributed by atoms with van der Waals surface area (Å²) in [6.07, 6.45) is 7.91. The average molecular weight is 378 g/mol. The van der Waals surface area contributed by atoms with E-state index in [9.17, 15) is 8.78 Å². The second-order valence-electron chi connectivity index (χ2n) is 4.00. The predicted molar refractivity (Wildman–Crippen MR) is 76.9 cm³/mol. The minimum absolute atomic E-state index is 0.0191. The average Bonchev–Trinajstić information content (AvgIpc) is 2.84. The molecule has 1 aromatic rings. The molecule has 19 heavy (non-hydrogen) atoms. The van der Waals surface area contributed by atoms with Gasteiger partial charge >= 0.3 is 122 Å². The number of rotatable bonds is 4. The fraction of sp³-hybridized carbons (Fsp3) is 0.200. The van der Waals surface area contributed by atoms with Crippen LogP contribution in [0.15, 0.2) is 40.1 Å².